The summed E-state index contributed by atoms with van der Waals surface area (Å²) in [5, 5.41) is 14.4. The molecule has 3 atom stereocenters. The van der Waals surface area contributed by atoms with Gasteiger partial charge in [-0.25, -0.2) is 0 Å². The van der Waals surface area contributed by atoms with Gasteiger partial charge >= 0.3 is 0 Å². The van der Waals surface area contributed by atoms with Gasteiger partial charge in [0.15, 0.2) is 0 Å². The van der Waals surface area contributed by atoms with Crippen LogP contribution in [0.5, 0.6) is 0 Å². The molecule has 14 heavy (non-hydrogen) atoms. The van der Waals surface area contributed by atoms with Crippen molar-refractivity contribution in [1.29, 1.82) is 0 Å². The summed E-state index contributed by atoms with van der Waals surface area (Å²) < 4.78 is 0. The molecule has 1 aliphatic heterocycles. The highest BCUT2D eigenvalue weighted by Gasteiger charge is 2.29. The van der Waals surface area contributed by atoms with Gasteiger partial charge in [-0.3, -0.25) is 9.59 Å². The molecule has 1 rings (SSSR count). The predicted octanol–water partition coefficient (Wildman–Crippen LogP) is -2.30. The van der Waals surface area contributed by atoms with Crippen molar-refractivity contribution in [3.63, 3.8) is 0 Å². The third-order valence-corrected chi connectivity index (χ3v) is 2.21. The van der Waals surface area contributed by atoms with Crippen molar-refractivity contribution in [3.8, 4) is 0 Å². The Morgan fingerprint density at radius 2 is 2.29 bits per heavy atom. The number of nitrogens with two attached hydrogens (primary N) is 1. The summed E-state index contributed by atoms with van der Waals surface area (Å²) in [6, 6.07) is -1.10. The van der Waals surface area contributed by atoms with E-state index in [1.807, 2.05) is 0 Å². The number of β-amino-alcohol motifs (C(OH)–C–C–N with tert-alkyl or cyclic N) is 1. The molecule has 0 aliphatic carbocycles. The molecule has 6 heteroatoms. The van der Waals surface area contributed by atoms with Crippen molar-refractivity contribution >= 4 is 11.8 Å². The third kappa shape index (κ3) is 2.68. The number of nitrogens with one attached hydrogen (secondary N) is 2. The Labute approximate surface area is 81.8 Å². The molecule has 1 aliphatic rings. The maximum Gasteiger partial charge on any atom is 0.239 e. The molecule has 0 aromatic rings. The molecular weight excluding hydrogens is 186 g/mol. The quantitative estimate of drug-likeness (QED) is 0.412. The van der Waals surface area contributed by atoms with Crippen molar-refractivity contribution in [2.24, 2.45) is 5.73 Å². The molecule has 6 nitrogen and oxygen atoms in total. The van der Waals surface area contributed by atoms with Crippen LogP contribution in [-0.4, -0.2) is 41.7 Å². The molecule has 1 saturated heterocycles. The van der Waals surface area contributed by atoms with Crippen LogP contribution < -0.4 is 16.4 Å². The van der Waals surface area contributed by atoms with E-state index in [1.54, 1.807) is 0 Å². The van der Waals surface area contributed by atoms with E-state index in [1.165, 1.54) is 6.92 Å². The lowest BCUT2D eigenvalue weighted by Gasteiger charge is -2.14. The second-order valence-corrected chi connectivity index (χ2v) is 3.48. The van der Waals surface area contributed by atoms with Crippen LogP contribution in [0.1, 0.15) is 13.3 Å². The number of carbonyl (C=O) groups excluding carboxylic acids is 2. The number of aliphatic hydroxyl groups is 1. The third-order valence-electron chi connectivity index (χ3n) is 2.21. The van der Waals surface area contributed by atoms with Crippen LogP contribution in [-0.2, 0) is 9.59 Å². The molecule has 0 saturated carbocycles. The summed E-state index contributed by atoms with van der Waals surface area (Å²) in [6.07, 6.45) is -0.119. The van der Waals surface area contributed by atoms with Crippen molar-refractivity contribution in [2.75, 3.05) is 6.54 Å². The van der Waals surface area contributed by atoms with E-state index in [2.05, 4.69) is 10.6 Å². The van der Waals surface area contributed by atoms with E-state index in [-0.39, 0.29) is 5.91 Å². The summed E-state index contributed by atoms with van der Waals surface area (Å²) in [6.45, 7) is 1.93. The zero-order chi connectivity index (χ0) is 10.7. The van der Waals surface area contributed by atoms with Crippen LogP contribution in [0.2, 0.25) is 0 Å². The Bertz CT molecular complexity index is 244. The first kappa shape index (κ1) is 10.9. The predicted molar refractivity (Wildman–Crippen MR) is 49.2 cm³/mol. The molecule has 80 valence electrons. The average Bonchev–Trinajstić information content (AvgIpc) is 2.51. The van der Waals surface area contributed by atoms with Crippen molar-refractivity contribution < 1.29 is 14.7 Å². The smallest absolute Gasteiger partial charge is 0.239 e. The van der Waals surface area contributed by atoms with E-state index in [4.69, 9.17) is 10.8 Å². The van der Waals surface area contributed by atoms with Crippen LogP contribution in [0.3, 0.4) is 0 Å². The Hall–Kier alpha value is -1.14. The number of carbonyl (C=O) groups is 2. The van der Waals surface area contributed by atoms with Gasteiger partial charge in [-0.15, -0.1) is 0 Å². The van der Waals surface area contributed by atoms with Gasteiger partial charge in [0.2, 0.25) is 11.8 Å². The number of hydrogen-bond acceptors (Lipinski definition) is 4. The number of aliphatic hydroxyl groups excluding tert-OH is 1. The first-order chi connectivity index (χ1) is 6.50. The largest absolute Gasteiger partial charge is 0.392 e. The fourth-order valence-electron chi connectivity index (χ4n) is 1.30. The lowest BCUT2D eigenvalue weighted by Crippen LogP contribution is -2.48. The zero-order valence-electron chi connectivity index (χ0n) is 7.99. The van der Waals surface area contributed by atoms with E-state index in [0.29, 0.717) is 13.0 Å². The van der Waals surface area contributed by atoms with Gasteiger partial charge in [0.1, 0.15) is 6.04 Å². The maximum absolute atomic E-state index is 11.4. The molecule has 5 N–H and O–H groups in total. The minimum atomic E-state index is -0.679. The summed E-state index contributed by atoms with van der Waals surface area (Å²) in [7, 11) is 0. The van der Waals surface area contributed by atoms with E-state index in [0.717, 1.165) is 0 Å². The van der Waals surface area contributed by atoms with Crippen LogP contribution in [0.4, 0.5) is 0 Å². The molecule has 2 unspecified atom stereocenters. The molecule has 0 aromatic carbocycles. The fraction of sp³-hybridized carbons (Fsp3) is 0.750. The van der Waals surface area contributed by atoms with Crippen molar-refractivity contribution in [3.05, 3.63) is 0 Å². The lowest BCUT2D eigenvalue weighted by molar-refractivity contribution is -0.128. The van der Waals surface area contributed by atoms with E-state index in [9.17, 15) is 9.59 Å². The molecule has 0 radical (unpaired) electrons. The Kier molecular flexibility index (Phi) is 3.43. The van der Waals surface area contributed by atoms with Gasteiger partial charge in [0, 0.05) is 6.54 Å². The second-order valence-electron chi connectivity index (χ2n) is 3.48. The first-order valence-corrected chi connectivity index (χ1v) is 4.52. The number of amides is 2. The second kappa shape index (κ2) is 4.39. The van der Waals surface area contributed by atoms with Crippen molar-refractivity contribution in [1.82, 2.24) is 10.6 Å². The van der Waals surface area contributed by atoms with Crippen molar-refractivity contribution in [2.45, 2.75) is 31.5 Å². The van der Waals surface area contributed by atoms with Gasteiger partial charge < -0.3 is 21.5 Å². The van der Waals surface area contributed by atoms with Crippen LogP contribution in [0.15, 0.2) is 0 Å². The van der Waals surface area contributed by atoms with Gasteiger partial charge in [0.25, 0.3) is 0 Å². The molecular formula is C8H15N3O3. The molecule has 0 spiro atoms. The topological polar surface area (TPSA) is 104 Å². The van der Waals surface area contributed by atoms with Gasteiger partial charge in [-0.05, 0) is 13.3 Å². The van der Waals surface area contributed by atoms with Gasteiger partial charge in [0.05, 0.1) is 12.1 Å². The van der Waals surface area contributed by atoms with Crippen LogP contribution in [0, 0.1) is 0 Å². The number of primary amides is 1. The van der Waals surface area contributed by atoms with Crippen LogP contribution >= 0.6 is 0 Å². The minimum absolute atomic E-state index is 0.298. The van der Waals surface area contributed by atoms with Crippen LogP contribution in [0.25, 0.3) is 0 Å². The van der Waals surface area contributed by atoms with Gasteiger partial charge in [-0.1, -0.05) is 0 Å². The molecule has 2 amide bonds. The Morgan fingerprint density at radius 3 is 2.71 bits per heavy atom. The van der Waals surface area contributed by atoms with E-state index < -0.39 is 24.1 Å². The Morgan fingerprint density at radius 1 is 1.64 bits per heavy atom. The minimum Gasteiger partial charge on any atom is -0.392 e. The average molecular weight is 201 g/mol. The highest BCUT2D eigenvalue weighted by molar-refractivity contribution is 5.88. The molecule has 0 bridgehead atoms. The normalized spacial score (nSPS) is 28.4. The first-order valence-electron chi connectivity index (χ1n) is 4.52. The lowest BCUT2D eigenvalue weighted by atomic mass is 10.2. The summed E-state index contributed by atoms with van der Waals surface area (Å²) in [5.41, 5.74) is 4.99. The monoisotopic (exact) mass is 201 g/mol. The summed E-state index contributed by atoms with van der Waals surface area (Å²) in [4.78, 5) is 22.1. The molecule has 0 aromatic heterocycles. The molecule has 1 fully saturated rings. The zero-order valence-corrected chi connectivity index (χ0v) is 7.99. The summed E-state index contributed by atoms with van der Waals surface area (Å²) >= 11 is 0. The molecule has 1 heterocycles. The highest BCUT2D eigenvalue weighted by Crippen LogP contribution is 2.06. The number of rotatable bonds is 3. The fourth-order valence-corrected chi connectivity index (χ4v) is 1.30. The highest BCUT2D eigenvalue weighted by atomic mass is 16.3. The number of hydrogen-bond donors (Lipinski definition) is 4. The Balaban J connectivity index is 2.39. The SMILES string of the molecule is C[C@@H](NC(=O)C1CC(O)CN1)C(N)=O. The van der Waals surface area contributed by atoms with E-state index >= 15 is 0 Å². The maximum atomic E-state index is 11.4. The standard InChI is InChI=1S/C8H15N3O3/c1-4(7(9)13)11-8(14)6-2-5(12)3-10-6/h4-6,10,12H,2-3H2,1H3,(H2,9,13)(H,11,14)/t4-,5?,6?/m1/s1. The summed E-state index contributed by atoms with van der Waals surface area (Å²) in [5.74, 6) is -0.871. The van der Waals surface area contributed by atoms with Gasteiger partial charge in [-0.2, -0.15) is 0 Å².